The Labute approximate surface area is 240 Å². The lowest BCUT2D eigenvalue weighted by Gasteiger charge is -2.19. The van der Waals surface area contributed by atoms with E-state index in [-0.39, 0.29) is 17.6 Å². The number of rotatable bonds is 8. The number of furan rings is 1. The Balaban J connectivity index is 1.23. The van der Waals surface area contributed by atoms with Crippen molar-refractivity contribution in [2.24, 2.45) is 0 Å². The average Bonchev–Trinajstić information content (AvgIpc) is 3.45. The van der Waals surface area contributed by atoms with Crippen molar-refractivity contribution in [3.8, 4) is 11.3 Å². The van der Waals surface area contributed by atoms with E-state index in [1.807, 2.05) is 78.9 Å². The topological polar surface area (TPSA) is 59.3 Å². The van der Waals surface area contributed by atoms with Crippen LogP contribution in [0.1, 0.15) is 65.6 Å². The van der Waals surface area contributed by atoms with E-state index in [0.29, 0.717) is 12.0 Å². The number of ketones is 1. The molecule has 0 saturated heterocycles. The highest BCUT2D eigenvalue weighted by Gasteiger charge is 2.22. The highest BCUT2D eigenvalue weighted by molar-refractivity contribution is 5.97. The Morgan fingerprint density at radius 2 is 1.56 bits per heavy atom. The summed E-state index contributed by atoms with van der Waals surface area (Å²) in [6.45, 7) is 1.56. The Bertz CT molecular complexity index is 1670. The lowest BCUT2D eigenvalue weighted by Crippen LogP contribution is -2.23. The fourth-order valence-corrected chi connectivity index (χ4v) is 5.57. The molecule has 4 nitrogen and oxygen atoms in total. The Morgan fingerprint density at radius 1 is 0.829 bits per heavy atom. The minimum absolute atomic E-state index is 0.0320. The van der Waals surface area contributed by atoms with Gasteiger partial charge in [-0.05, 0) is 97.7 Å². The first-order chi connectivity index (χ1) is 20.0. The SMILES string of the molecule is CC(=O)c1ccc(CC(C(=O)Nc2ccc(-c3cc4ccccc4o3)cc2)c2ccc(C3=CCCCC3)cc2)cc1. The van der Waals surface area contributed by atoms with Gasteiger partial charge in [-0.15, -0.1) is 0 Å². The fourth-order valence-electron chi connectivity index (χ4n) is 5.57. The third kappa shape index (κ3) is 6.07. The van der Waals surface area contributed by atoms with Gasteiger partial charge in [0.2, 0.25) is 5.91 Å². The summed E-state index contributed by atoms with van der Waals surface area (Å²) in [5, 5.41) is 4.20. The molecule has 0 saturated carbocycles. The zero-order valence-corrected chi connectivity index (χ0v) is 23.2. The molecule has 1 aliphatic carbocycles. The summed E-state index contributed by atoms with van der Waals surface area (Å²) >= 11 is 0. The molecule has 1 aromatic heterocycles. The van der Waals surface area contributed by atoms with Crippen molar-refractivity contribution in [3.05, 3.63) is 131 Å². The van der Waals surface area contributed by atoms with E-state index >= 15 is 0 Å². The van der Waals surface area contributed by atoms with Crippen molar-refractivity contribution in [2.75, 3.05) is 5.32 Å². The van der Waals surface area contributed by atoms with Crippen molar-refractivity contribution in [1.29, 1.82) is 0 Å². The van der Waals surface area contributed by atoms with Gasteiger partial charge in [-0.2, -0.15) is 0 Å². The van der Waals surface area contributed by atoms with Gasteiger partial charge in [0.1, 0.15) is 11.3 Å². The van der Waals surface area contributed by atoms with E-state index < -0.39 is 0 Å². The van der Waals surface area contributed by atoms with Crippen LogP contribution in [0, 0.1) is 0 Å². The molecule has 1 heterocycles. The number of fused-ring (bicyclic) bond motifs is 1. The van der Waals surface area contributed by atoms with E-state index in [4.69, 9.17) is 4.42 Å². The van der Waals surface area contributed by atoms with Crippen LogP contribution >= 0.6 is 0 Å². The standard InChI is InChI=1S/C37H33NO3/c1-25(39)27-13-11-26(12-14-27)23-34(30-17-15-29(16-18-30)28-7-3-2-4-8-28)37(40)38-33-21-19-31(20-22-33)36-24-32-9-5-6-10-35(32)41-36/h5-7,9-22,24,34H,2-4,8,23H2,1H3,(H,38,40). The van der Waals surface area contributed by atoms with E-state index in [0.717, 1.165) is 51.9 Å². The van der Waals surface area contributed by atoms with Gasteiger partial charge in [0.05, 0.1) is 5.92 Å². The lowest BCUT2D eigenvalue weighted by molar-refractivity contribution is -0.117. The monoisotopic (exact) mass is 539 g/mol. The number of hydrogen-bond donors (Lipinski definition) is 1. The summed E-state index contributed by atoms with van der Waals surface area (Å²) in [5.74, 6) is 0.373. The lowest BCUT2D eigenvalue weighted by atomic mass is 9.88. The average molecular weight is 540 g/mol. The third-order valence-electron chi connectivity index (χ3n) is 7.95. The largest absolute Gasteiger partial charge is 0.456 e. The van der Waals surface area contributed by atoms with Crippen LogP contribution < -0.4 is 5.32 Å². The van der Waals surface area contributed by atoms with Crippen molar-refractivity contribution < 1.29 is 14.0 Å². The second-order valence-electron chi connectivity index (χ2n) is 10.8. The predicted molar refractivity (Wildman–Crippen MR) is 166 cm³/mol. The summed E-state index contributed by atoms with van der Waals surface area (Å²) < 4.78 is 6.00. The Hall–Kier alpha value is -4.70. The molecule has 0 aliphatic heterocycles. The van der Waals surface area contributed by atoms with Gasteiger partial charge >= 0.3 is 0 Å². The van der Waals surface area contributed by atoms with Gasteiger partial charge in [-0.3, -0.25) is 9.59 Å². The molecule has 4 heteroatoms. The van der Waals surface area contributed by atoms with Gasteiger partial charge < -0.3 is 9.73 Å². The number of benzene rings is 4. The summed E-state index contributed by atoms with van der Waals surface area (Å²) in [6, 6.07) is 33.8. The van der Waals surface area contributed by atoms with Gasteiger partial charge in [-0.25, -0.2) is 0 Å². The molecule has 0 radical (unpaired) electrons. The maximum absolute atomic E-state index is 13.8. The molecule has 0 fully saturated rings. The highest BCUT2D eigenvalue weighted by atomic mass is 16.3. The molecule has 5 aromatic rings. The first-order valence-electron chi connectivity index (χ1n) is 14.3. The molecule has 4 aromatic carbocycles. The van der Waals surface area contributed by atoms with Crippen molar-refractivity contribution in [1.82, 2.24) is 0 Å². The number of Topliss-reactive ketones (excluding diaryl/α,β-unsaturated/α-hetero) is 1. The van der Waals surface area contributed by atoms with Crippen molar-refractivity contribution >= 4 is 33.9 Å². The predicted octanol–water partition coefficient (Wildman–Crippen LogP) is 9.22. The fraction of sp³-hybridized carbons (Fsp3) is 0.189. The number of carbonyl (C=O) groups excluding carboxylic acids is 2. The second kappa shape index (κ2) is 11.8. The van der Waals surface area contributed by atoms with Crippen LogP contribution in [-0.4, -0.2) is 11.7 Å². The Morgan fingerprint density at radius 3 is 2.24 bits per heavy atom. The minimum atomic E-state index is -0.386. The molecule has 1 aliphatic rings. The first-order valence-corrected chi connectivity index (χ1v) is 14.3. The normalized spacial score (nSPS) is 13.9. The smallest absolute Gasteiger partial charge is 0.232 e. The quantitative estimate of drug-likeness (QED) is 0.200. The van der Waals surface area contributed by atoms with Crippen LogP contribution in [0.5, 0.6) is 0 Å². The third-order valence-corrected chi connectivity index (χ3v) is 7.95. The van der Waals surface area contributed by atoms with Crippen molar-refractivity contribution in [2.45, 2.75) is 44.9 Å². The molecule has 0 bridgehead atoms. The first kappa shape index (κ1) is 26.5. The van der Waals surface area contributed by atoms with E-state index in [9.17, 15) is 9.59 Å². The van der Waals surface area contributed by atoms with Gasteiger partial charge in [0, 0.05) is 22.2 Å². The molecule has 1 unspecified atom stereocenters. The number of anilines is 1. The van der Waals surface area contributed by atoms with Crippen molar-refractivity contribution in [3.63, 3.8) is 0 Å². The molecule has 41 heavy (non-hydrogen) atoms. The van der Waals surface area contributed by atoms with Gasteiger partial charge in [0.25, 0.3) is 0 Å². The molecule has 1 N–H and O–H groups in total. The highest BCUT2D eigenvalue weighted by Crippen LogP contribution is 2.31. The number of carbonyl (C=O) groups is 2. The van der Waals surface area contributed by atoms with Crippen LogP contribution in [0.4, 0.5) is 5.69 Å². The summed E-state index contributed by atoms with van der Waals surface area (Å²) in [5.41, 5.74) is 7.82. The zero-order valence-electron chi connectivity index (χ0n) is 23.2. The molecule has 6 rings (SSSR count). The van der Waals surface area contributed by atoms with E-state index in [1.54, 1.807) is 6.92 Å². The van der Waals surface area contributed by atoms with Crippen LogP contribution in [0.2, 0.25) is 0 Å². The van der Waals surface area contributed by atoms with E-state index in [1.165, 1.54) is 24.0 Å². The second-order valence-corrected chi connectivity index (χ2v) is 10.8. The van der Waals surface area contributed by atoms with Crippen LogP contribution in [0.25, 0.3) is 27.9 Å². The number of allylic oxidation sites excluding steroid dienone is 2. The van der Waals surface area contributed by atoms with Gasteiger partial charge in [0.15, 0.2) is 5.78 Å². The molecule has 1 atom stereocenters. The van der Waals surface area contributed by atoms with Crippen LogP contribution in [-0.2, 0) is 11.2 Å². The van der Waals surface area contributed by atoms with E-state index in [2.05, 4.69) is 35.7 Å². The zero-order chi connectivity index (χ0) is 28.2. The number of amides is 1. The minimum Gasteiger partial charge on any atom is -0.456 e. The van der Waals surface area contributed by atoms with Crippen LogP contribution in [0.15, 0.2) is 114 Å². The molecular formula is C37H33NO3. The molecule has 0 spiro atoms. The van der Waals surface area contributed by atoms with Gasteiger partial charge in [-0.1, -0.05) is 72.8 Å². The number of para-hydroxylation sites is 1. The molecule has 204 valence electrons. The molecule has 1 amide bonds. The number of hydrogen-bond acceptors (Lipinski definition) is 3. The Kier molecular flexibility index (Phi) is 7.64. The molecular weight excluding hydrogens is 506 g/mol. The summed E-state index contributed by atoms with van der Waals surface area (Å²) in [7, 11) is 0. The summed E-state index contributed by atoms with van der Waals surface area (Å²) in [4.78, 5) is 25.5. The number of nitrogens with one attached hydrogen (secondary N) is 1. The van der Waals surface area contributed by atoms with Crippen LogP contribution in [0.3, 0.4) is 0 Å². The summed E-state index contributed by atoms with van der Waals surface area (Å²) in [6.07, 6.45) is 7.59. The maximum Gasteiger partial charge on any atom is 0.232 e. The maximum atomic E-state index is 13.8.